The monoisotopic (exact) mass is 328 g/mol. The zero-order valence-electron chi connectivity index (χ0n) is 14.5. The van der Waals surface area contributed by atoms with E-state index in [0.717, 1.165) is 17.2 Å². The van der Waals surface area contributed by atoms with Crippen LogP contribution in [0.25, 0.3) is 0 Å². The third kappa shape index (κ3) is 3.06. The third-order valence-electron chi connectivity index (χ3n) is 4.97. The Labute approximate surface area is 142 Å². The smallest absolute Gasteiger partial charge is 0.231 e. The topological polar surface area (TPSA) is 69.0 Å². The Kier molecular flexibility index (Phi) is 4.66. The molecule has 6 heteroatoms. The number of amides is 1. The number of nitrogens with zero attached hydrogens (tertiary/aromatic N) is 3. The second-order valence-corrected chi connectivity index (χ2v) is 6.47. The Morgan fingerprint density at radius 2 is 1.88 bits per heavy atom. The number of ether oxygens (including phenoxy) is 1. The molecular weight excluding hydrogens is 304 g/mol. The van der Waals surface area contributed by atoms with Gasteiger partial charge in [0.15, 0.2) is 5.82 Å². The van der Waals surface area contributed by atoms with E-state index in [-0.39, 0.29) is 5.91 Å². The minimum absolute atomic E-state index is 0.0373. The van der Waals surface area contributed by atoms with Gasteiger partial charge in [0.25, 0.3) is 0 Å². The van der Waals surface area contributed by atoms with Crippen LogP contribution >= 0.6 is 0 Å². The van der Waals surface area contributed by atoms with Gasteiger partial charge in [-0.25, -0.2) is 0 Å². The Balaban J connectivity index is 1.81. The van der Waals surface area contributed by atoms with Gasteiger partial charge in [-0.1, -0.05) is 29.8 Å². The van der Waals surface area contributed by atoms with Gasteiger partial charge in [0.2, 0.25) is 5.91 Å². The summed E-state index contributed by atoms with van der Waals surface area (Å²) < 4.78 is 7.39. The van der Waals surface area contributed by atoms with Gasteiger partial charge >= 0.3 is 0 Å². The molecule has 1 N–H and O–H groups in total. The SMILES string of the molecule is Cc1ccc(C2(C(=O)NCc3nnc(C)n3C)CCOCC2)cc1. The first-order chi connectivity index (χ1) is 11.5. The van der Waals surface area contributed by atoms with Crippen molar-refractivity contribution in [3.63, 3.8) is 0 Å². The molecule has 1 aromatic carbocycles. The molecule has 0 saturated carbocycles. The standard InChI is InChI=1S/C18H24N4O2/c1-13-4-6-15(7-5-13)18(8-10-24-11-9-18)17(23)19-12-16-21-20-14(2)22(16)3/h4-7H,8-12H2,1-3H3,(H,19,23). The molecule has 0 radical (unpaired) electrons. The Bertz CT molecular complexity index is 715. The van der Waals surface area contributed by atoms with Gasteiger partial charge in [-0.05, 0) is 32.3 Å². The molecule has 1 aliphatic heterocycles. The van der Waals surface area contributed by atoms with Gasteiger partial charge in [-0.3, -0.25) is 4.79 Å². The Hall–Kier alpha value is -2.21. The first kappa shape index (κ1) is 16.6. The number of hydrogen-bond acceptors (Lipinski definition) is 4. The lowest BCUT2D eigenvalue weighted by atomic mass is 9.73. The number of carbonyl (C=O) groups is 1. The molecule has 128 valence electrons. The number of carbonyl (C=O) groups excluding carboxylic acids is 1. The highest BCUT2D eigenvalue weighted by Crippen LogP contribution is 2.35. The molecule has 6 nitrogen and oxygen atoms in total. The summed E-state index contributed by atoms with van der Waals surface area (Å²) in [6.45, 7) is 5.53. The second-order valence-electron chi connectivity index (χ2n) is 6.47. The number of hydrogen-bond donors (Lipinski definition) is 1. The van der Waals surface area contributed by atoms with E-state index in [1.165, 1.54) is 5.56 Å². The predicted octanol–water partition coefficient (Wildman–Crippen LogP) is 1.80. The first-order valence-corrected chi connectivity index (χ1v) is 8.31. The van der Waals surface area contributed by atoms with E-state index >= 15 is 0 Å². The van der Waals surface area contributed by atoms with Crippen LogP contribution < -0.4 is 5.32 Å². The maximum absolute atomic E-state index is 13.1. The molecule has 0 atom stereocenters. The lowest BCUT2D eigenvalue weighted by Crippen LogP contribution is -2.48. The van der Waals surface area contributed by atoms with Gasteiger partial charge in [0, 0.05) is 20.3 Å². The third-order valence-corrected chi connectivity index (χ3v) is 4.97. The van der Waals surface area contributed by atoms with Gasteiger partial charge in [-0.2, -0.15) is 0 Å². The van der Waals surface area contributed by atoms with E-state index in [2.05, 4.69) is 46.7 Å². The summed E-state index contributed by atoms with van der Waals surface area (Å²) in [4.78, 5) is 13.1. The molecule has 2 heterocycles. The number of aryl methyl sites for hydroxylation is 2. The van der Waals surface area contributed by atoms with E-state index in [1.807, 2.05) is 18.5 Å². The van der Waals surface area contributed by atoms with Gasteiger partial charge in [-0.15, -0.1) is 10.2 Å². The lowest BCUT2D eigenvalue weighted by Gasteiger charge is -2.36. The van der Waals surface area contributed by atoms with Crippen molar-refractivity contribution in [2.75, 3.05) is 13.2 Å². The van der Waals surface area contributed by atoms with Crippen molar-refractivity contribution in [3.8, 4) is 0 Å². The van der Waals surface area contributed by atoms with Crippen molar-refractivity contribution in [1.82, 2.24) is 20.1 Å². The zero-order chi connectivity index (χ0) is 17.2. The number of aromatic nitrogens is 3. The zero-order valence-corrected chi connectivity index (χ0v) is 14.5. The normalized spacial score (nSPS) is 16.8. The Morgan fingerprint density at radius 3 is 2.46 bits per heavy atom. The average Bonchev–Trinajstić information content (AvgIpc) is 2.92. The van der Waals surface area contributed by atoms with Crippen LogP contribution in [0.3, 0.4) is 0 Å². The van der Waals surface area contributed by atoms with Crippen LogP contribution in [-0.4, -0.2) is 33.9 Å². The fourth-order valence-corrected chi connectivity index (χ4v) is 3.17. The Morgan fingerprint density at radius 1 is 1.21 bits per heavy atom. The molecule has 1 saturated heterocycles. The van der Waals surface area contributed by atoms with Crippen LogP contribution in [0.15, 0.2) is 24.3 Å². The average molecular weight is 328 g/mol. The van der Waals surface area contributed by atoms with Crippen molar-refractivity contribution in [2.24, 2.45) is 7.05 Å². The summed E-state index contributed by atoms with van der Waals surface area (Å²) in [6.07, 6.45) is 1.39. The molecule has 0 aliphatic carbocycles. The maximum Gasteiger partial charge on any atom is 0.231 e. The summed E-state index contributed by atoms with van der Waals surface area (Å²) in [5, 5.41) is 11.2. The van der Waals surface area contributed by atoms with E-state index in [4.69, 9.17) is 4.74 Å². The molecular formula is C18H24N4O2. The van der Waals surface area contributed by atoms with Crippen molar-refractivity contribution < 1.29 is 9.53 Å². The van der Waals surface area contributed by atoms with Crippen LogP contribution in [0.4, 0.5) is 0 Å². The van der Waals surface area contributed by atoms with Crippen LogP contribution in [0.2, 0.25) is 0 Å². The molecule has 2 aromatic rings. The van der Waals surface area contributed by atoms with Gasteiger partial charge in [0.05, 0.1) is 12.0 Å². The highest BCUT2D eigenvalue weighted by molar-refractivity contribution is 5.88. The molecule has 3 rings (SSSR count). The molecule has 0 spiro atoms. The molecule has 1 amide bonds. The number of benzene rings is 1. The summed E-state index contributed by atoms with van der Waals surface area (Å²) in [5.74, 6) is 1.63. The van der Waals surface area contributed by atoms with E-state index in [1.54, 1.807) is 0 Å². The summed E-state index contributed by atoms with van der Waals surface area (Å²) in [5.41, 5.74) is 1.72. The van der Waals surface area contributed by atoms with Crippen molar-refractivity contribution in [3.05, 3.63) is 47.0 Å². The largest absolute Gasteiger partial charge is 0.381 e. The highest BCUT2D eigenvalue weighted by atomic mass is 16.5. The number of nitrogens with one attached hydrogen (secondary N) is 1. The first-order valence-electron chi connectivity index (χ1n) is 8.31. The van der Waals surface area contributed by atoms with Crippen LogP contribution in [0, 0.1) is 13.8 Å². The van der Waals surface area contributed by atoms with Crippen LogP contribution in [0.1, 0.15) is 35.6 Å². The molecule has 1 aliphatic rings. The molecule has 0 unspecified atom stereocenters. The minimum Gasteiger partial charge on any atom is -0.381 e. The quantitative estimate of drug-likeness (QED) is 0.929. The second kappa shape index (κ2) is 6.73. The van der Waals surface area contributed by atoms with E-state index < -0.39 is 5.41 Å². The van der Waals surface area contributed by atoms with Crippen LogP contribution in [-0.2, 0) is 28.5 Å². The minimum atomic E-state index is -0.528. The van der Waals surface area contributed by atoms with Crippen molar-refractivity contribution in [2.45, 2.75) is 38.6 Å². The maximum atomic E-state index is 13.1. The predicted molar refractivity (Wildman–Crippen MR) is 90.5 cm³/mol. The van der Waals surface area contributed by atoms with Crippen molar-refractivity contribution in [1.29, 1.82) is 0 Å². The molecule has 24 heavy (non-hydrogen) atoms. The van der Waals surface area contributed by atoms with Crippen molar-refractivity contribution >= 4 is 5.91 Å². The van der Waals surface area contributed by atoms with Gasteiger partial charge < -0.3 is 14.6 Å². The fourth-order valence-electron chi connectivity index (χ4n) is 3.17. The molecule has 1 fully saturated rings. The summed E-state index contributed by atoms with van der Waals surface area (Å²) in [7, 11) is 1.90. The van der Waals surface area contributed by atoms with Crippen LogP contribution in [0.5, 0.6) is 0 Å². The highest BCUT2D eigenvalue weighted by Gasteiger charge is 2.41. The molecule has 0 bridgehead atoms. The fraction of sp³-hybridized carbons (Fsp3) is 0.500. The number of rotatable bonds is 4. The van der Waals surface area contributed by atoms with Gasteiger partial charge in [0.1, 0.15) is 5.82 Å². The lowest BCUT2D eigenvalue weighted by molar-refractivity contribution is -0.130. The summed E-state index contributed by atoms with van der Waals surface area (Å²) in [6, 6.07) is 8.25. The summed E-state index contributed by atoms with van der Waals surface area (Å²) >= 11 is 0. The molecule has 1 aromatic heterocycles. The van der Waals surface area contributed by atoms with E-state index in [0.29, 0.717) is 32.6 Å². The van der Waals surface area contributed by atoms with E-state index in [9.17, 15) is 4.79 Å².